The first-order valence-electron chi connectivity index (χ1n) is 8.36. The van der Waals surface area contributed by atoms with Gasteiger partial charge in [-0.15, -0.1) is 11.3 Å². The zero-order chi connectivity index (χ0) is 20.0. The highest BCUT2D eigenvalue weighted by molar-refractivity contribution is 7.14. The number of aromatic nitrogens is 1. The van der Waals surface area contributed by atoms with Gasteiger partial charge in [-0.25, -0.2) is 4.98 Å². The maximum atomic E-state index is 12.0. The molecule has 0 saturated carbocycles. The van der Waals surface area contributed by atoms with Gasteiger partial charge in [0.25, 0.3) is 0 Å². The Morgan fingerprint density at radius 1 is 1.22 bits per heavy atom. The molecule has 0 unspecified atom stereocenters. The number of nitrogens with zero attached hydrogens (tertiary/aromatic N) is 1. The number of thiazole rings is 1. The number of carbonyl (C=O) groups is 2. The molecule has 1 atom stereocenters. The lowest BCUT2D eigenvalue weighted by atomic mass is 10.1. The molecule has 2 amide bonds. The van der Waals surface area contributed by atoms with Crippen molar-refractivity contribution in [3.63, 3.8) is 0 Å². The molecule has 27 heavy (non-hydrogen) atoms. The van der Waals surface area contributed by atoms with Crippen LogP contribution in [0.2, 0.25) is 0 Å². The summed E-state index contributed by atoms with van der Waals surface area (Å²) in [6.45, 7) is 3.52. The molecule has 9 heteroatoms. The molecule has 0 bridgehead atoms. The highest BCUT2D eigenvalue weighted by atomic mass is 32.1. The molecule has 0 fully saturated rings. The van der Waals surface area contributed by atoms with Gasteiger partial charge in [-0.1, -0.05) is 13.8 Å². The zero-order valence-corrected chi connectivity index (χ0v) is 16.6. The van der Waals surface area contributed by atoms with E-state index in [0.29, 0.717) is 22.3 Å². The summed E-state index contributed by atoms with van der Waals surface area (Å²) in [4.78, 5) is 28.2. The number of rotatable bonds is 8. The van der Waals surface area contributed by atoms with Crippen molar-refractivity contribution in [2.75, 3.05) is 26.1 Å². The quantitative estimate of drug-likeness (QED) is 0.632. The van der Waals surface area contributed by atoms with Gasteiger partial charge >= 0.3 is 0 Å². The van der Waals surface area contributed by atoms with Gasteiger partial charge in [0, 0.05) is 10.9 Å². The predicted molar refractivity (Wildman–Crippen MR) is 105 cm³/mol. The van der Waals surface area contributed by atoms with E-state index < -0.39 is 6.04 Å². The summed E-state index contributed by atoms with van der Waals surface area (Å²) in [5.74, 6) is 0.493. The Morgan fingerprint density at radius 2 is 1.93 bits per heavy atom. The van der Waals surface area contributed by atoms with Crippen LogP contribution in [0.15, 0.2) is 23.6 Å². The lowest BCUT2D eigenvalue weighted by molar-refractivity contribution is -0.125. The summed E-state index contributed by atoms with van der Waals surface area (Å²) in [5, 5.41) is 7.44. The van der Waals surface area contributed by atoms with Crippen LogP contribution < -0.4 is 25.8 Å². The van der Waals surface area contributed by atoms with E-state index in [2.05, 4.69) is 15.6 Å². The maximum Gasteiger partial charge on any atom is 0.245 e. The molecular formula is C18H24N4O4S. The van der Waals surface area contributed by atoms with Crippen molar-refractivity contribution in [3.05, 3.63) is 23.6 Å². The molecule has 146 valence electrons. The predicted octanol–water partition coefficient (Wildman–Crippen LogP) is 1.87. The van der Waals surface area contributed by atoms with E-state index in [0.717, 1.165) is 5.56 Å². The molecule has 0 aliphatic heterocycles. The van der Waals surface area contributed by atoms with Crippen LogP contribution in [0.1, 0.15) is 13.8 Å². The third-order valence-corrected chi connectivity index (χ3v) is 4.63. The molecule has 0 saturated heterocycles. The van der Waals surface area contributed by atoms with Crippen molar-refractivity contribution in [2.45, 2.75) is 19.9 Å². The molecular weight excluding hydrogens is 368 g/mol. The third-order valence-electron chi connectivity index (χ3n) is 3.87. The van der Waals surface area contributed by atoms with Crippen LogP contribution in [0.5, 0.6) is 11.5 Å². The van der Waals surface area contributed by atoms with E-state index in [4.69, 9.17) is 15.2 Å². The molecule has 0 spiro atoms. The summed E-state index contributed by atoms with van der Waals surface area (Å²) in [7, 11) is 3.13. The minimum absolute atomic E-state index is 0.00364. The highest BCUT2D eigenvalue weighted by Gasteiger charge is 2.18. The maximum absolute atomic E-state index is 12.0. The minimum atomic E-state index is -0.644. The number of hydrogen-bond acceptors (Lipinski definition) is 7. The number of methoxy groups -OCH3 is 2. The van der Waals surface area contributed by atoms with Crippen LogP contribution in [-0.4, -0.2) is 43.6 Å². The summed E-state index contributed by atoms with van der Waals surface area (Å²) in [6, 6.07) is 4.82. The Kier molecular flexibility index (Phi) is 7.14. The van der Waals surface area contributed by atoms with Gasteiger partial charge in [0.2, 0.25) is 11.8 Å². The van der Waals surface area contributed by atoms with E-state index in [1.54, 1.807) is 20.3 Å². The summed E-state index contributed by atoms with van der Waals surface area (Å²) in [6.07, 6.45) is 0. The number of hydrogen-bond donors (Lipinski definition) is 3. The molecule has 0 aliphatic carbocycles. The van der Waals surface area contributed by atoms with E-state index in [1.807, 2.05) is 31.4 Å². The first-order valence-corrected chi connectivity index (χ1v) is 9.24. The van der Waals surface area contributed by atoms with E-state index in [-0.39, 0.29) is 24.3 Å². The second-order valence-corrected chi connectivity index (χ2v) is 7.00. The topological polar surface area (TPSA) is 116 Å². The van der Waals surface area contributed by atoms with Crippen molar-refractivity contribution in [1.29, 1.82) is 0 Å². The normalized spacial score (nSPS) is 11.8. The van der Waals surface area contributed by atoms with Gasteiger partial charge in [-0.3, -0.25) is 9.59 Å². The number of nitrogens with one attached hydrogen (secondary N) is 2. The van der Waals surface area contributed by atoms with Crippen LogP contribution in [0.3, 0.4) is 0 Å². The molecule has 2 aromatic rings. The average Bonchev–Trinajstić information content (AvgIpc) is 3.13. The first-order chi connectivity index (χ1) is 12.8. The van der Waals surface area contributed by atoms with Crippen molar-refractivity contribution in [2.24, 2.45) is 11.7 Å². The molecule has 8 nitrogen and oxygen atoms in total. The van der Waals surface area contributed by atoms with Gasteiger partial charge in [0.1, 0.15) is 0 Å². The van der Waals surface area contributed by atoms with Crippen LogP contribution in [0, 0.1) is 5.92 Å². The Balaban J connectivity index is 1.98. The van der Waals surface area contributed by atoms with Crippen LogP contribution in [-0.2, 0) is 9.59 Å². The lowest BCUT2D eigenvalue weighted by Gasteiger charge is -2.14. The molecule has 1 aromatic carbocycles. The lowest BCUT2D eigenvalue weighted by Crippen LogP contribution is -2.46. The first kappa shape index (κ1) is 20.7. The standard InChI is InChI=1S/C18H24N4O4S/c1-10(2)16(19)17(24)20-8-15(23)22-18-21-12(9-27-18)11-5-6-13(25-3)14(7-11)26-4/h5-7,9-10,16H,8,19H2,1-4H3,(H,20,24)(H,21,22,23)/t16-/m0/s1. The fourth-order valence-electron chi connectivity index (χ4n) is 2.21. The van der Waals surface area contributed by atoms with Crippen LogP contribution in [0.4, 0.5) is 5.13 Å². The summed E-state index contributed by atoms with van der Waals surface area (Å²) >= 11 is 1.29. The fraction of sp³-hybridized carbons (Fsp3) is 0.389. The molecule has 4 N–H and O–H groups in total. The van der Waals surface area contributed by atoms with Crippen molar-refractivity contribution in [3.8, 4) is 22.8 Å². The van der Waals surface area contributed by atoms with Gasteiger partial charge in [-0.2, -0.15) is 0 Å². The van der Waals surface area contributed by atoms with Crippen molar-refractivity contribution < 1.29 is 19.1 Å². The third kappa shape index (κ3) is 5.41. The van der Waals surface area contributed by atoms with Gasteiger partial charge in [0.05, 0.1) is 32.5 Å². The smallest absolute Gasteiger partial charge is 0.245 e. The SMILES string of the molecule is COc1ccc(-c2csc(NC(=O)CNC(=O)[C@@H](N)C(C)C)n2)cc1OC. The molecule has 1 aromatic heterocycles. The minimum Gasteiger partial charge on any atom is -0.493 e. The largest absolute Gasteiger partial charge is 0.493 e. The zero-order valence-electron chi connectivity index (χ0n) is 15.7. The molecule has 1 heterocycles. The van der Waals surface area contributed by atoms with Gasteiger partial charge in [0.15, 0.2) is 16.6 Å². The van der Waals surface area contributed by atoms with E-state index >= 15 is 0 Å². The monoisotopic (exact) mass is 392 g/mol. The second-order valence-electron chi connectivity index (χ2n) is 6.14. The number of nitrogens with two attached hydrogens (primary N) is 1. The Hall–Kier alpha value is -2.65. The van der Waals surface area contributed by atoms with Crippen molar-refractivity contribution >= 4 is 28.3 Å². The highest BCUT2D eigenvalue weighted by Crippen LogP contribution is 2.33. The Morgan fingerprint density at radius 3 is 2.56 bits per heavy atom. The summed E-state index contributed by atoms with van der Waals surface area (Å²) in [5.41, 5.74) is 7.27. The molecule has 0 radical (unpaired) electrons. The van der Waals surface area contributed by atoms with Crippen LogP contribution >= 0.6 is 11.3 Å². The van der Waals surface area contributed by atoms with E-state index in [9.17, 15) is 9.59 Å². The second kappa shape index (κ2) is 9.33. The van der Waals surface area contributed by atoms with Gasteiger partial charge < -0.3 is 25.8 Å². The van der Waals surface area contributed by atoms with Crippen molar-refractivity contribution in [1.82, 2.24) is 10.3 Å². The molecule has 2 rings (SSSR count). The number of amides is 2. The van der Waals surface area contributed by atoms with Crippen LogP contribution in [0.25, 0.3) is 11.3 Å². The summed E-state index contributed by atoms with van der Waals surface area (Å²) < 4.78 is 10.5. The Bertz CT molecular complexity index is 806. The number of carbonyl (C=O) groups excluding carboxylic acids is 2. The fourth-order valence-corrected chi connectivity index (χ4v) is 2.95. The number of benzene rings is 1. The number of anilines is 1. The van der Waals surface area contributed by atoms with E-state index in [1.165, 1.54) is 11.3 Å². The Labute approximate surface area is 162 Å². The molecule has 0 aliphatic rings. The number of ether oxygens (including phenoxy) is 2. The van der Waals surface area contributed by atoms with Gasteiger partial charge in [-0.05, 0) is 24.1 Å². The average molecular weight is 392 g/mol.